The Bertz CT molecular complexity index is 614. The molecule has 3 rings (SSSR count). The van der Waals surface area contributed by atoms with Crippen LogP contribution < -0.4 is 4.74 Å². The minimum Gasteiger partial charge on any atom is -0.423 e. The van der Waals surface area contributed by atoms with Crippen molar-refractivity contribution in [3.63, 3.8) is 0 Å². The Labute approximate surface area is 149 Å². The van der Waals surface area contributed by atoms with Gasteiger partial charge >= 0.3 is 5.97 Å². The monoisotopic (exact) mass is 375 g/mol. The van der Waals surface area contributed by atoms with Gasteiger partial charge in [0.15, 0.2) is 5.75 Å². The van der Waals surface area contributed by atoms with Gasteiger partial charge in [0.1, 0.15) is 0 Å². The topological polar surface area (TPSA) is 46.6 Å². The lowest BCUT2D eigenvalue weighted by Crippen LogP contribution is -2.41. The Morgan fingerprint density at radius 1 is 0.957 bits per heavy atom. The van der Waals surface area contributed by atoms with Crippen LogP contribution in [-0.2, 0) is 9.59 Å². The fraction of sp³-hybridized carbons (Fsp3) is 0.500. The van der Waals surface area contributed by atoms with Crippen LogP contribution in [0, 0.1) is 11.8 Å². The standard InChI is InChI=1S/C16H16Cl3NO3/c17-11-7-12(18)14(13(19)8-11)23-16(22)10-3-5-20(6-4-10)15(21)9-1-2-9/h7-10H,1-6H2. The molecule has 0 radical (unpaired) electrons. The third-order valence-electron chi connectivity index (χ3n) is 4.23. The van der Waals surface area contributed by atoms with E-state index in [0.29, 0.717) is 31.0 Å². The second-order valence-electron chi connectivity index (χ2n) is 5.99. The molecule has 4 nitrogen and oxygen atoms in total. The van der Waals surface area contributed by atoms with E-state index < -0.39 is 0 Å². The zero-order valence-electron chi connectivity index (χ0n) is 12.4. The third kappa shape index (κ3) is 3.93. The molecule has 1 aliphatic carbocycles. The number of carbonyl (C=O) groups is 2. The molecule has 1 aliphatic heterocycles. The average molecular weight is 377 g/mol. The number of hydrogen-bond donors (Lipinski definition) is 0. The highest BCUT2D eigenvalue weighted by Crippen LogP contribution is 2.37. The molecule has 1 aromatic rings. The van der Waals surface area contributed by atoms with E-state index in [9.17, 15) is 9.59 Å². The predicted molar refractivity (Wildman–Crippen MR) is 89.1 cm³/mol. The highest BCUT2D eigenvalue weighted by Gasteiger charge is 2.36. The smallest absolute Gasteiger partial charge is 0.314 e. The van der Waals surface area contributed by atoms with Crippen molar-refractivity contribution in [2.75, 3.05) is 13.1 Å². The van der Waals surface area contributed by atoms with Crippen LogP contribution in [0.4, 0.5) is 0 Å². The van der Waals surface area contributed by atoms with E-state index in [2.05, 4.69) is 0 Å². The molecular formula is C16H16Cl3NO3. The Morgan fingerprint density at radius 3 is 2.04 bits per heavy atom. The molecule has 2 fully saturated rings. The minimum atomic E-state index is -0.366. The molecule has 0 atom stereocenters. The van der Waals surface area contributed by atoms with Gasteiger partial charge in [-0.15, -0.1) is 0 Å². The summed E-state index contributed by atoms with van der Waals surface area (Å²) in [7, 11) is 0. The van der Waals surface area contributed by atoms with Gasteiger partial charge in [-0.25, -0.2) is 0 Å². The van der Waals surface area contributed by atoms with Gasteiger partial charge in [-0.3, -0.25) is 9.59 Å². The Morgan fingerprint density at radius 2 is 1.52 bits per heavy atom. The Balaban J connectivity index is 1.58. The maximum absolute atomic E-state index is 12.3. The van der Waals surface area contributed by atoms with E-state index in [0.717, 1.165) is 12.8 Å². The molecule has 1 amide bonds. The predicted octanol–water partition coefficient (Wildman–Crippen LogP) is 4.20. The number of carbonyl (C=O) groups excluding carboxylic acids is 2. The second kappa shape index (κ2) is 6.88. The van der Waals surface area contributed by atoms with Gasteiger partial charge < -0.3 is 9.64 Å². The largest absolute Gasteiger partial charge is 0.423 e. The summed E-state index contributed by atoms with van der Waals surface area (Å²) in [5, 5.41) is 0.793. The summed E-state index contributed by atoms with van der Waals surface area (Å²) in [5.41, 5.74) is 0. The van der Waals surface area contributed by atoms with Crippen LogP contribution in [0.1, 0.15) is 25.7 Å². The fourth-order valence-corrected chi connectivity index (χ4v) is 3.63. The van der Waals surface area contributed by atoms with Crippen molar-refractivity contribution in [3.8, 4) is 5.75 Å². The summed E-state index contributed by atoms with van der Waals surface area (Å²) in [5.74, 6) is -0.0410. The van der Waals surface area contributed by atoms with Gasteiger partial charge in [-0.1, -0.05) is 34.8 Å². The number of benzene rings is 1. The number of esters is 1. The van der Waals surface area contributed by atoms with Crippen LogP contribution >= 0.6 is 34.8 Å². The van der Waals surface area contributed by atoms with Gasteiger partial charge in [0.25, 0.3) is 0 Å². The molecule has 2 aliphatic rings. The van der Waals surface area contributed by atoms with Crippen molar-refractivity contribution in [3.05, 3.63) is 27.2 Å². The maximum atomic E-state index is 12.3. The summed E-state index contributed by atoms with van der Waals surface area (Å²) in [6, 6.07) is 2.96. The molecule has 1 aromatic carbocycles. The van der Waals surface area contributed by atoms with E-state index in [1.165, 1.54) is 12.1 Å². The molecule has 7 heteroatoms. The van der Waals surface area contributed by atoms with E-state index >= 15 is 0 Å². The number of rotatable bonds is 3. The summed E-state index contributed by atoms with van der Waals surface area (Å²) < 4.78 is 5.36. The summed E-state index contributed by atoms with van der Waals surface area (Å²) in [4.78, 5) is 26.2. The summed E-state index contributed by atoms with van der Waals surface area (Å²) in [6.07, 6.45) is 3.18. The van der Waals surface area contributed by atoms with Gasteiger partial charge in [0.2, 0.25) is 5.91 Å². The maximum Gasteiger partial charge on any atom is 0.314 e. The minimum absolute atomic E-state index is 0.138. The lowest BCUT2D eigenvalue weighted by atomic mass is 9.96. The molecule has 0 unspecified atom stereocenters. The first kappa shape index (κ1) is 16.9. The molecule has 0 bridgehead atoms. The number of piperidine rings is 1. The van der Waals surface area contributed by atoms with Crippen LogP contribution in [0.25, 0.3) is 0 Å². The molecule has 0 aromatic heterocycles. The molecule has 1 saturated heterocycles. The van der Waals surface area contributed by atoms with Crippen LogP contribution in [0.3, 0.4) is 0 Å². The van der Waals surface area contributed by atoms with E-state index in [1.54, 1.807) is 0 Å². The van der Waals surface area contributed by atoms with Gasteiger partial charge in [0, 0.05) is 24.0 Å². The number of hydrogen-bond acceptors (Lipinski definition) is 3. The van der Waals surface area contributed by atoms with Crippen LogP contribution in [0.15, 0.2) is 12.1 Å². The zero-order chi connectivity index (χ0) is 16.6. The molecule has 0 N–H and O–H groups in total. The molecule has 0 spiro atoms. The van der Waals surface area contributed by atoms with Crippen molar-refractivity contribution in [2.45, 2.75) is 25.7 Å². The first-order valence-corrected chi connectivity index (χ1v) is 8.74. The number of ether oxygens (including phenoxy) is 1. The van der Waals surface area contributed by atoms with Crippen LogP contribution in [0.2, 0.25) is 15.1 Å². The van der Waals surface area contributed by atoms with E-state index in [1.807, 2.05) is 4.90 Å². The molecule has 1 saturated carbocycles. The van der Waals surface area contributed by atoms with Gasteiger partial charge in [0.05, 0.1) is 16.0 Å². The van der Waals surface area contributed by atoms with Crippen molar-refractivity contribution in [2.24, 2.45) is 11.8 Å². The number of amides is 1. The van der Waals surface area contributed by atoms with Crippen LogP contribution in [0.5, 0.6) is 5.75 Å². The summed E-state index contributed by atoms with van der Waals surface area (Å²) >= 11 is 17.9. The van der Waals surface area contributed by atoms with Crippen molar-refractivity contribution >= 4 is 46.7 Å². The van der Waals surface area contributed by atoms with Crippen LogP contribution in [-0.4, -0.2) is 29.9 Å². The lowest BCUT2D eigenvalue weighted by molar-refractivity contribution is -0.143. The van der Waals surface area contributed by atoms with Crippen molar-refractivity contribution in [1.29, 1.82) is 0 Å². The summed E-state index contributed by atoms with van der Waals surface area (Å²) in [6.45, 7) is 1.19. The highest BCUT2D eigenvalue weighted by molar-refractivity contribution is 6.40. The number of likely N-dealkylation sites (tertiary alicyclic amines) is 1. The first-order valence-electron chi connectivity index (χ1n) is 7.60. The first-order chi connectivity index (χ1) is 11.0. The Kier molecular flexibility index (Phi) is 5.04. The average Bonchev–Trinajstić information content (AvgIpc) is 3.35. The number of nitrogens with zero attached hydrogens (tertiary/aromatic N) is 1. The second-order valence-corrected chi connectivity index (χ2v) is 7.24. The zero-order valence-corrected chi connectivity index (χ0v) is 14.6. The third-order valence-corrected chi connectivity index (χ3v) is 5.01. The van der Waals surface area contributed by atoms with E-state index in [4.69, 9.17) is 39.5 Å². The fourth-order valence-electron chi connectivity index (χ4n) is 2.73. The quantitative estimate of drug-likeness (QED) is 0.586. The number of halogens is 3. The lowest BCUT2D eigenvalue weighted by Gasteiger charge is -2.31. The van der Waals surface area contributed by atoms with Gasteiger partial charge in [-0.05, 0) is 37.8 Å². The SMILES string of the molecule is O=C(Oc1c(Cl)cc(Cl)cc1Cl)C1CCN(C(=O)C2CC2)CC1. The van der Waals surface area contributed by atoms with Crippen molar-refractivity contribution in [1.82, 2.24) is 4.90 Å². The molecule has 1 heterocycles. The molecule has 124 valence electrons. The molecule has 23 heavy (non-hydrogen) atoms. The normalized spacial score (nSPS) is 18.8. The van der Waals surface area contributed by atoms with Crippen molar-refractivity contribution < 1.29 is 14.3 Å². The molecular weight excluding hydrogens is 361 g/mol. The van der Waals surface area contributed by atoms with Gasteiger partial charge in [-0.2, -0.15) is 0 Å². The Hall–Kier alpha value is -0.970. The highest BCUT2D eigenvalue weighted by atomic mass is 35.5. The van der Waals surface area contributed by atoms with E-state index in [-0.39, 0.29) is 39.5 Å².